The van der Waals surface area contributed by atoms with Crippen LogP contribution in [0.5, 0.6) is 11.5 Å². The molecule has 0 aliphatic rings. The van der Waals surface area contributed by atoms with Crippen LogP contribution >= 0.6 is 0 Å². The zero-order valence-electron chi connectivity index (χ0n) is 19.7. The zero-order chi connectivity index (χ0) is 26.4. The van der Waals surface area contributed by atoms with E-state index in [1.807, 2.05) is 6.92 Å². The molecular weight excluding hydrogens is 494 g/mol. The Morgan fingerprint density at radius 3 is 2.22 bits per heavy atom. The van der Waals surface area contributed by atoms with Gasteiger partial charge >= 0.3 is 5.97 Å². The van der Waals surface area contributed by atoms with E-state index in [4.69, 9.17) is 4.74 Å². The van der Waals surface area contributed by atoms with Crippen molar-refractivity contribution in [3.8, 4) is 11.5 Å². The number of carbonyl (C=O) groups is 2. The molecule has 1 amide bonds. The van der Waals surface area contributed by atoms with Crippen LogP contribution in [0.4, 0.5) is 11.4 Å². The molecule has 0 saturated carbocycles. The molecular formula is C27H23N3O6S. The maximum Gasteiger partial charge on any atom is 0.337 e. The normalized spacial score (nSPS) is 11.4. The standard InChI is InChI=1S/C27H23N3O6S/c1-18-2-6-21(7-3-18)30(37(34)35)25-11-10-23(16-24(25)27(32)33)36-22-8-4-19(5-9-22)17-29-26(31)20-12-14-28-15-13-20/h2-16H,17H2,1H3,(H,29,31)(H,32,33)(H,34,35). The molecule has 0 radical (unpaired) electrons. The van der Waals surface area contributed by atoms with Crippen molar-refractivity contribution in [2.45, 2.75) is 13.5 Å². The van der Waals surface area contributed by atoms with E-state index < -0.39 is 17.2 Å². The Morgan fingerprint density at radius 2 is 1.59 bits per heavy atom. The van der Waals surface area contributed by atoms with Crippen LogP contribution in [-0.4, -0.2) is 30.7 Å². The molecule has 4 rings (SSSR count). The number of aromatic nitrogens is 1. The molecule has 0 saturated heterocycles. The lowest BCUT2D eigenvalue weighted by atomic mass is 10.1. The van der Waals surface area contributed by atoms with Crippen molar-refractivity contribution < 1.29 is 28.2 Å². The second-order valence-electron chi connectivity index (χ2n) is 8.01. The Morgan fingerprint density at radius 1 is 0.946 bits per heavy atom. The van der Waals surface area contributed by atoms with Gasteiger partial charge in [-0.25, -0.2) is 13.3 Å². The zero-order valence-corrected chi connectivity index (χ0v) is 20.5. The van der Waals surface area contributed by atoms with Crippen LogP contribution in [0.15, 0.2) is 91.3 Å². The van der Waals surface area contributed by atoms with Crippen molar-refractivity contribution in [1.29, 1.82) is 0 Å². The summed E-state index contributed by atoms with van der Waals surface area (Å²) >= 11 is -2.51. The summed E-state index contributed by atoms with van der Waals surface area (Å²) in [7, 11) is 0. The number of benzene rings is 3. The SMILES string of the molecule is Cc1ccc(N(c2ccc(Oc3ccc(CNC(=O)c4ccncc4)cc3)cc2C(=O)O)S(=O)O)cc1. The lowest BCUT2D eigenvalue weighted by molar-refractivity contribution is 0.0697. The smallest absolute Gasteiger partial charge is 0.337 e. The number of rotatable bonds is 9. The number of hydrogen-bond donors (Lipinski definition) is 3. The van der Waals surface area contributed by atoms with Gasteiger partial charge in [0, 0.05) is 24.5 Å². The highest BCUT2D eigenvalue weighted by Gasteiger charge is 2.23. The third-order valence-corrected chi connectivity index (χ3v) is 6.12. The molecule has 37 heavy (non-hydrogen) atoms. The van der Waals surface area contributed by atoms with Crippen molar-refractivity contribution in [3.05, 3.63) is 114 Å². The van der Waals surface area contributed by atoms with E-state index in [1.54, 1.807) is 73.1 Å². The van der Waals surface area contributed by atoms with Crippen molar-refractivity contribution >= 4 is 34.5 Å². The second-order valence-corrected chi connectivity index (χ2v) is 8.84. The molecule has 0 aliphatic heterocycles. The molecule has 10 heteroatoms. The maximum absolute atomic E-state index is 12.2. The molecule has 188 valence electrons. The third kappa shape index (κ3) is 6.37. The van der Waals surface area contributed by atoms with E-state index >= 15 is 0 Å². The number of ether oxygens (including phenoxy) is 1. The largest absolute Gasteiger partial charge is 0.478 e. The van der Waals surface area contributed by atoms with E-state index in [1.165, 1.54) is 18.2 Å². The van der Waals surface area contributed by atoms with Gasteiger partial charge in [0.2, 0.25) is 0 Å². The number of carboxylic acids is 1. The lowest BCUT2D eigenvalue weighted by Crippen LogP contribution is -2.22. The number of aryl methyl sites for hydroxylation is 1. The van der Waals surface area contributed by atoms with Gasteiger partial charge in [-0.15, -0.1) is 0 Å². The van der Waals surface area contributed by atoms with Crippen molar-refractivity contribution in [2.24, 2.45) is 0 Å². The fraction of sp³-hybridized carbons (Fsp3) is 0.0741. The topological polar surface area (TPSA) is 129 Å². The number of anilines is 2. The Hall–Kier alpha value is -4.54. The van der Waals surface area contributed by atoms with Crippen LogP contribution in [0, 0.1) is 6.92 Å². The van der Waals surface area contributed by atoms with Crippen LogP contribution in [-0.2, 0) is 17.8 Å². The number of nitrogens with zero attached hydrogens (tertiary/aromatic N) is 2. The molecule has 0 aliphatic carbocycles. The summed E-state index contributed by atoms with van der Waals surface area (Å²) in [4.78, 5) is 28.1. The Labute approximate surface area is 215 Å². The summed E-state index contributed by atoms with van der Waals surface area (Å²) in [6, 6.07) is 21.3. The van der Waals surface area contributed by atoms with Gasteiger partial charge in [0.05, 0.1) is 16.9 Å². The van der Waals surface area contributed by atoms with Gasteiger partial charge in [-0.1, -0.05) is 29.8 Å². The van der Waals surface area contributed by atoms with E-state index in [9.17, 15) is 23.5 Å². The first kappa shape index (κ1) is 25.5. The molecule has 4 aromatic rings. The van der Waals surface area contributed by atoms with Gasteiger partial charge < -0.3 is 15.2 Å². The average Bonchev–Trinajstić information content (AvgIpc) is 2.90. The first-order chi connectivity index (χ1) is 17.8. The van der Waals surface area contributed by atoms with Gasteiger partial charge in [0.15, 0.2) is 0 Å². The summed E-state index contributed by atoms with van der Waals surface area (Å²) in [5.41, 5.74) is 2.53. The first-order valence-corrected chi connectivity index (χ1v) is 12.2. The minimum atomic E-state index is -2.51. The van der Waals surface area contributed by atoms with Crippen LogP contribution < -0.4 is 14.4 Å². The van der Waals surface area contributed by atoms with Crippen LogP contribution in [0.2, 0.25) is 0 Å². The number of nitrogens with one attached hydrogen (secondary N) is 1. The highest BCUT2D eigenvalue weighted by atomic mass is 32.2. The first-order valence-electron chi connectivity index (χ1n) is 11.1. The summed E-state index contributed by atoms with van der Waals surface area (Å²) < 4.78 is 28.9. The predicted molar refractivity (Wildman–Crippen MR) is 139 cm³/mol. The molecule has 0 fully saturated rings. The Balaban J connectivity index is 1.49. The fourth-order valence-electron chi connectivity index (χ4n) is 3.52. The number of carboxylic acid groups (broad SMARTS) is 1. The Bertz CT molecular complexity index is 1430. The molecule has 1 aromatic heterocycles. The predicted octanol–water partition coefficient (Wildman–Crippen LogP) is 5.09. The van der Waals surface area contributed by atoms with Crippen LogP contribution in [0.3, 0.4) is 0 Å². The highest BCUT2D eigenvalue weighted by molar-refractivity contribution is 7.81. The van der Waals surface area contributed by atoms with Crippen molar-refractivity contribution in [2.75, 3.05) is 4.31 Å². The molecule has 1 atom stereocenters. The van der Waals surface area contributed by atoms with Gasteiger partial charge in [0.1, 0.15) is 11.5 Å². The van der Waals surface area contributed by atoms with Gasteiger partial charge in [-0.3, -0.25) is 14.3 Å². The van der Waals surface area contributed by atoms with Crippen LogP contribution in [0.1, 0.15) is 31.8 Å². The van der Waals surface area contributed by atoms with Gasteiger partial charge in [-0.2, -0.15) is 0 Å². The molecule has 0 bridgehead atoms. The maximum atomic E-state index is 12.2. The molecule has 1 heterocycles. The van der Waals surface area contributed by atoms with E-state index in [2.05, 4.69) is 10.3 Å². The molecule has 1 unspecified atom stereocenters. The number of carbonyl (C=O) groups excluding carboxylic acids is 1. The third-order valence-electron chi connectivity index (χ3n) is 5.40. The van der Waals surface area contributed by atoms with Crippen LogP contribution in [0.25, 0.3) is 0 Å². The molecule has 9 nitrogen and oxygen atoms in total. The fourth-order valence-corrected chi connectivity index (χ4v) is 4.15. The van der Waals surface area contributed by atoms with Crippen molar-refractivity contribution in [1.82, 2.24) is 10.3 Å². The molecule has 0 spiro atoms. The lowest BCUT2D eigenvalue weighted by Gasteiger charge is -2.22. The second kappa shape index (κ2) is 11.5. The monoisotopic (exact) mass is 517 g/mol. The molecule has 3 aromatic carbocycles. The Kier molecular flexibility index (Phi) is 7.92. The summed E-state index contributed by atoms with van der Waals surface area (Å²) in [6.07, 6.45) is 3.10. The van der Waals surface area contributed by atoms with Crippen molar-refractivity contribution in [3.63, 3.8) is 0 Å². The number of pyridine rings is 1. The van der Waals surface area contributed by atoms with E-state index in [0.29, 0.717) is 23.5 Å². The summed E-state index contributed by atoms with van der Waals surface area (Å²) in [6.45, 7) is 2.19. The minimum absolute atomic E-state index is 0.0461. The number of hydrogen-bond acceptors (Lipinski definition) is 5. The quantitative estimate of drug-likeness (QED) is 0.264. The van der Waals surface area contributed by atoms with E-state index in [-0.39, 0.29) is 22.9 Å². The van der Waals surface area contributed by atoms with E-state index in [0.717, 1.165) is 15.4 Å². The summed E-state index contributed by atoms with van der Waals surface area (Å²) in [5, 5.41) is 12.6. The summed E-state index contributed by atoms with van der Waals surface area (Å²) in [5.74, 6) is -0.794. The van der Waals surface area contributed by atoms with Gasteiger partial charge in [-0.05, 0) is 67.1 Å². The average molecular weight is 518 g/mol. The number of amides is 1. The minimum Gasteiger partial charge on any atom is -0.478 e. The number of aromatic carboxylic acids is 1. The molecule has 3 N–H and O–H groups in total. The highest BCUT2D eigenvalue weighted by Crippen LogP contribution is 2.34. The van der Waals surface area contributed by atoms with Gasteiger partial charge in [0.25, 0.3) is 17.2 Å².